The molecule has 1 unspecified atom stereocenters. The molecule has 0 aliphatic heterocycles. The standard InChI is InChI=1S/C15H16ClNO2S/c16-14-11-13(7-8-15(14)17)20(18)10-4-9-19-12-5-2-1-3-6-12/h1-3,5-8,11H,4,9-10,17H2. The van der Waals surface area contributed by atoms with E-state index in [0.717, 1.165) is 5.75 Å². The van der Waals surface area contributed by atoms with Gasteiger partial charge in [0.2, 0.25) is 0 Å². The van der Waals surface area contributed by atoms with Crippen molar-refractivity contribution in [3.8, 4) is 5.75 Å². The molecule has 0 amide bonds. The fourth-order valence-electron chi connectivity index (χ4n) is 1.66. The summed E-state index contributed by atoms with van der Waals surface area (Å²) >= 11 is 5.92. The van der Waals surface area contributed by atoms with Gasteiger partial charge in [-0.25, -0.2) is 0 Å². The van der Waals surface area contributed by atoms with Crippen molar-refractivity contribution < 1.29 is 8.95 Å². The number of ether oxygens (including phenoxy) is 1. The van der Waals surface area contributed by atoms with Gasteiger partial charge >= 0.3 is 0 Å². The first kappa shape index (κ1) is 14.9. The zero-order chi connectivity index (χ0) is 14.4. The minimum Gasteiger partial charge on any atom is -0.494 e. The molecule has 0 bridgehead atoms. The number of rotatable bonds is 6. The van der Waals surface area contributed by atoms with Crippen molar-refractivity contribution in [3.63, 3.8) is 0 Å². The Morgan fingerprint density at radius 3 is 2.60 bits per heavy atom. The number of benzene rings is 2. The minimum absolute atomic E-state index is 0.441. The monoisotopic (exact) mass is 309 g/mol. The molecule has 20 heavy (non-hydrogen) atoms. The van der Waals surface area contributed by atoms with Crippen LogP contribution in [0.4, 0.5) is 5.69 Å². The van der Waals surface area contributed by atoms with Crippen LogP contribution in [0.3, 0.4) is 0 Å². The van der Waals surface area contributed by atoms with E-state index < -0.39 is 10.8 Å². The van der Waals surface area contributed by atoms with Gasteiger partial charge in [0.1, 0.15) is 5.75 Å². The second-order valence-electron chi connectivity index (χ2n) is 4.25. The molecule has 0 aliphatic rings. The molecule has 2 aromatic carbocycles. The molecule has 0 fully saturated rings. The number of para-hydroxylation sites is 1. The molecule has 1 atom stereocenters. The lowest BCUT2D eigenvalue weighted by molar-refractivity contribution is 0.318. The summed E-state index contributed by atoms with van der Waals surface area (Å²) in [6.45, 7) is 0.540. The van der Waals surface area contributed by atoms with Gasteiger partial charge < -0.3 is 10.5 Å². The first-order valence-corrected chi connectivity index (χ1v) is 7.98. The maximum atomic E-state index is 12.1. The second kappa shape index (κ2) is 7.31. The lowest BCUT2D eigenvalue weighted by Gasteiger charge is -2.06. The number of anilines is 1. The van der Waals surface area contributed by atoms with E-state index in [2.05, 4.69) is 0 Å². The number of hydrogen-bond donors (Lipinski definition) is 1. The van der Waals surface area contributed by atoms with Crippen LogP contribution in [0.25, 0.3) is 0 Å². The van der Waals surface area contributed by atoms with Gasteiger partial charge in [-0.2, -0.15) is 0 Å². The van der Waals surface area contributed by atoms with E-state index in [-0.39, 0.29) is 0 Å². The van der Waals surface area contributed by atoms with Crippen LogP contribution in [0.15, 0.2) is 53.4 Å². The molecule has 2 N–H and O–H groups in total. The molecule has 0 saturated heterocycles. The molecule has 0 aliphatic carbocycles. The van der Waals surface area contributed by atoms with Crippen molar-refractivity contribution in [2.75, 3.05) is 18.1 Å². The van der Waals surface area contributed by atoms with Crippen LogP contribution in [-0.4, -0.2) is 16.6 Å². The maximum absolute atomic E-state index is 12.1. The summed E-state index contributed by atoms with van der Waals surface area (Å²) < 4.78 is 17.6. The molecule has 2 aromatic rings. The number of halogens is 1. The number of hydrogen-bond acceptors (Lipinski definition) is 3. The maximum Gasteiger partial charge on any atom is 0.119 e. The van der Waals surface area contributed by atoms with Gasteiger partial charge in [0.15, 0.2) is 0 Å². The lowest BCUT2D eigenvalue weighted by atomic mass is 10.3. The van der Waals surface area contributed by atoms with Crippen LogP contribution in [0.1, 0.15) is 6.42 Å². The summed E-state index contributed by atoms with van der Waals surface area (Å²) in [4.78, 5) is 0.698. The van der Waals surface area contributed by atoms with E-state index in [9.17, 15) is 4.21 Å². The fourth-order valence-corrected chi connectivity index (χ4v) is 2.99. The molecule has 5 heteroatoms. The lowest BCUT2D eigenvalue weighted by Crippen LogP contribution is -2.05. The third-order valence-corrected chi connectivity index (χ3v) is 4.49. The van der Waals surface area contributed by atoms with Crippen molar-refractivity contribution in [3.05, 3.63) is 53.6 Å². The quantitative estimate of drug-likeness (QED) is 0.656. The van der Waals surface area contributed by atoms with E-state index >= 15 is 0 Å². The Bertz CT molecular complexity index is 590. The Morgan fingerprint density at radius 1 is 1.15 bits per heavy atom. The highest BCUT2D eigenvalue weighted by molar-refractivity contribution is 7.85. The van der Waals surface area contributed by atoms with Crippen molar-refractivity contribution in [1.29, 1.82) is 0 Å². The van der Waals surface area contributed by atoms with E-state index in [1.54, 1.807) is 18.2 Å². The summed E-state index contributed by atoms with van der Waals surface area (Å²) in [5.41, 5.74) is 6.12. The van der Waals surface area contributed by atoms with E-state index in [1.807, 2.05) is 30.3 Å². The highest BCUT2D eigenvalue weighted by Crippen LogP contribution is 2.21. The summed E-state index contributed by atoms with van der Waals surface area (Å²) in [6, 6.07) is 14.7. The van der Waals surface area contributed by atoms with Gasteiger partial charge in [0, 0.05) is 10.6 Å². The van der Waals surface area contributed by atoms with Crippen molar-refractivity contribution >= 4 is 28.1 Å². The number of nitrogen functional groups attached to an aromatic ring is 1. The molecule has 106 valence electrons. The molecular formula is C15H16ClNO2S. The van der Waals surface area contributed by atoms with Crippen LogP contribution in [0, 0.1) is 0 Å². The van der Waals surface area contributed by atoms with Crippen LogP contribution < -0.4 is 10.5 Å². The van der Waals surface area contributed by atoms with E-state index in [1.165, 1.54) is 0 Å². The number of nitrogens with two attached hydrogens (primary N) is 1. The van der Waals surface area contributed by atoms with E-state index in [4.69, 9.17) is 22.1 Å². The van der Waals surface area contributed by atoms with Crippen molar-refractivity contribution in [2.45, 2.75) is 11.3 Å². The molecule has 0 spiro atoms. The smallest absolute Gasteiger partial charge is 0.119 e. The third-order valence-electron chi connectivity index (χ3n) is 2.72. The van der Waals surface area contributed by atoms with Gasteiger partial charge in [-0.1, -0.05) is 29.8 Å². The summed E-state index contributed by atoms with van der Waals surface area (Å²) in [6.07, 6.45) is 0.712. The van der Waals surface area contributed by atoms with Crippen LogP contribution in [0.5, 0.6) is 5.75 Å². The summed E-state index contributed by atoms with van der Waals surface area (Å²) in [7, 11) is -1.08. The first-order chi connectivity index (χ1) is 9.66. The highest BCUT2D eigenvalue weighted by atomic mass is 35.5. The zero-order valence-electron chi connectivity index (χ0n) is 10.9. The Morgan fingerprint density at radius 2 is 1.90 bits per heavy atom. The van der Waals surface area contributed by atoms with Gasteiger partial charge in [-0.3, -0.25) is 4.21 Å². The van der Waals surface area contributed by atoms with Crippen LogP contribution in [-0.2, 0) is 10.8 Å². The Kier molecular flexibility index (Phi) is 5.44. The molecule has 2 rings (SSSR count). The summed E-state index contributed by atoms with van der Waals surface area (Å²) in [5, 5.41) is 0.441. The van der Waals surface area contributed by atoms with Gasteiger partial charge in [-0.05, 0) is 36.8 Å². The normalized spacial score (nSPS) is 12.1. The van der Waals surface area contributed by atoms with Crippen LogP contribution in [0.2, 0.25) is 5.02 Å². The van der Waals surface area contributed by atoms with E-state index in [0.29, 0.717) is 34.4 Å². The Hall–Kier alpha value is -1.52. The first-order valence-electron chi connectivity index (χ1n) is 6.28. The van der Waals surface area contributed by atoms with Gasteiger partial charge in [-0.15, -0.1) is 0 Å². The topological polar surface area (TPSA) is 52.3 Å². The molecule has 3 nitrogen and oxygen atoms in total. The molecule has 0 heterocycles. The second-order valence-corrected chi connectivity index (χ2v) is 6.23. The third kappa shape index (κ3) is 4.25. The van der Waals surface area contributed by atoms with Crippen molar-refractivity contribution in [1.82, 2.24) is 0 Å². The fraction of sp³-hybridized carbons (Fsp3) is 0.200. The Balaban J connectivity index is 1.79. The zero-order valence-corrected chi connectivity index (χ0v) is 12.5. The van der Waals surface area contributed by atoms with Crippen LogP contribution >= 0.6 is 11.6 Å². The minimum atomic E-state index is -1.08. The predicted molar refractivity (Wildman–Crippen MR) is 83.7 cm³/mol. The molecule has 0 radical (unpaired) electrons. The molecular weight excluding hydrogens is 294 g/mol. The summed E-state index contributed by atoms with van der Waals surface area (Å²) in [5.74, 6) is 1.36. The molecule has 0 aromatic heterocycles. The van der Waals surface area contributed by atoms with Gasteiger partial charge in [0.05, 0.1) is 28.1 Å². The molecule has 0 saturated carbocycles. The average molecular weight is 310 g/mol. The largest absolute Gasteiger partial charge is 0.494 e. The SMILES string of the molecule is Nc1ccc(S(=O)CCCOc2ccccc2)cc1Cl. The Labute approximate surface area is 126 Å². The average Bonchev–Trinajstić information content (AvgIpc) is 2.47. The predicted octanol–water partition coefficient (Wildman–Crippen LogP) is 3.50. The van der Waals surface area contributed by atoms with Gasteiger partial charge in [0.25, 0.3) is 0 Å². The van der Waals surface area contributed by atoms with Crippen molar-refractivity contribution in [2.24, 2.45) is 0 Å². The highest BCUT2D eigenvalue weighted by Gasteiger charge is 2.06.